The van der Waals surface area contributed by atoms with E-state index in [9.17, 15) is 14.0 Å². The van der Waals surface area contributed by atoms with Crippen LogP contribution in [0.2, 0.25) is 0 Å². The van der Waals surface area contributed by atoms with Crippen LogP contribution in [0, 0.1) is 19.7 Å². The van der Waals surface area contributed by atoms with E-state index < -0.39 is 0 Å². The summed E-state index contributed by atoms with van der Waals surface area (Å²) in [6.07, 6.45) is 1.54. The average molecular weight is 450 g/mol. The van der Waals surface area contributed by atoms with Gasteiger partial charge in [0.15, 0.2) is 0 Å². The number of aryl methyl sites for hydroxylation is 1. The first-order chi connectivity index (χ1) is 15.9. The zero-order valence-electron chi connectivity index (χ0n) is 18.8. The third kappa shape index (κ3) is 5.46. The van der Waals surface area contributed by atoms with Crippen molar-refractivity contribution in [1.82, 2.24) is 20.0 Å². The van der Waals surface area contributed by atoms with Gasteiger partial charge in [-0.05, 0) is 63.1 Å². The zero-order chi connectivity index (χ0) is 23.4. The molecular weight excluding hydrogens is 421 g/mol. The summed E-state index contributed by atoms with van der Waals surface area (Å²) in [4.78, 5) is 27.4. The van der Waals surface area contributed by atoms with Crippen LogP contribution in [0.25, 0.3) is 5.69 Å². The van der Waals surface area contributed by atoms with Crippen LogP contribution >= 0.6 is 0 Å². The van der Waals surface area contributed by atoms with E-state index in [2.05, 4.69) is 20.6 Å². The maximum absolute atomic E-state index is 13.3. The van der Waals surface area contributed by atoms with Crippen LogP contribution in [-0.4, -0.2) is 52.2 Å². The Hall–Kier alpha value is -3.52. The summed E-state index contributed by atoms with van der Waals surface area (Å²) < 4.78 is 14.9. The third-order valence-corrected chi connectivity index (χ3v) is 5.94. The van der Waals surface area contributed by atoms with Gasteiger partial charge in [-0.2, -0.15) is 5.10 Å². The Kier molecular flexibility index (Phi) is 6.84. The molecule has 0 saturated carbocycles. The van der Waals surface area contributed by atoms with E-state index in [0.29, 0.717) is 29.2 Å². The number of amides is 2. The van der Waals surface area contributed by atoms with Crippen LogP contribution in [-0.2, 0) is 4.79 Å². The minimum absolute atomic E-state index is 0.0388. The fraction of sp³-hybridized carbons (Fsp3) is 0.320. The van der Waals surface area contributed by atoms with Gasteiger partial charge in [-0.25, -0.2) is 9.07 Å². The predicted octanol–water partition coefficient (Wildman–Crippen LogP) is 3.46. The topological polar surface area (TPSA) is 79.3 Å². The van der Waals surface area contributed by atoms with Crippen LogP contribution in [0.3, 0.4) is 0 Å². The highest BCUT2D eigenvalue weighted by Crippen LogP contribution is 2.19. The molecule has 1 aliphatic heterocycles. The van der Waals surface area contributed by atoms with Gasteiger partial charge >= 0.3 is 0 Å². The molecule has 33 heavy (non-hydrogen) atoms. The normalized spacial score (nSPS) is 14.8. The van der Waals surface area contributed by atoms with Crippen molar-refractivity contribution in [2.75, 3.05) is 25.0 Å². The number of nitrogens with one attached hydrogen (secondary N) is 2. The lowest BCUT2D eigenvalue weighted by molar-refractivity contribution is -0.117. The van der Waals surface area contributed by atoms with Gasteiger partial charge in [-0.3, -0.25) is 14.5 Å². The molecular formula is C25H28FN5O2. The van der Waals surface area contributed by atoms with E-state index in [1.54, 1.807) is 23.7 Å². The second-order valence-corrected chi connectivity index (χ2v) is 8.37. The van der Waals surface area contributed by atoms with Gasteiger partial charge in [0, 0.05) is 24.8 Å². The highest BCUT2D eigenvalue weighted by atomic mass is 19.1. The highest BCUT2D eigenvalue weighted by Gasteiger charge is 2.25. The Bertz CT molecular complexity index is 1120. The number of likely N-dealkylation sites (tertiary alicyclic amines) is 1. The second kappa shape index (κ2) is 9.95. The standard InChI is InChI=1S/C25H28FN5O2/c1-17-24(18(2)31(29-17)22-10-8-19(26)9-11-22)25(33)28-21-12-14-30(15-13-21)16-23(32)27-20-6-4-3-5-7-20/h3-11,21H,12-16H2,1-2H3,(H,27,32)(H,28,33). The maximum Gasteiger partial charge on any atom is 0.255 e. The quantitative estimate of drug-likeness (QED) is 0.604. The van der Waals surface area contributed by atoms with Crippen molar-refractivity contribution in [3.8, 4) is 5.69 Å². The number of hydrogen-bond donors (Lipinski definition) is 2. The number of anilines is 1. The van der Waals surface area contributed by atoms with E-state index in [-0.39, 0.29) is 23.7 Å². The number of para-hydroxylation sites is 1. The molecule has 1 saturated heterocycles. The zero-order valence-corrected chi connectivity index (χ0v) is 18.8. The lowest BCUT2D eigenvalue weighted by Crippen LogP contribution is -2.46. The van der Waals surface area contributed by atoms with Crippen LogP contribution < -0.4 is 10.6 Å². The number of carbonyl (C=O) groups excluding carboxylic acids is 2. The fourth-order valence-corrected chi connectivity index (χ4v) is 4.22. The number of carbonyl (C=O) groups is 2. The van der Waals surface area contributed by atoms with E-state index >= 15 is 0 Å². The number of halogens is 1. The first kappa shape index (κ1) is 22.7. The van der Waals surface area contributed by atoms with Crippen molar-refractivity contribution in [3.63, 3.8) is 0 Å². The molecule has 2 N–H and O–H groups in total. The Morgan fingerprint density at radius 1 is 1.03 bits per heavy atom. The number of piperidine rings is 1. The first-order valence-electron chi connectivity index (χ1n) is 11.1. The summed E-state index contributed by atoms with van der Waals surface area (Å²) in [6, 6.07) is 15.5. The molecule has 7 nitrogen and oxygen atoms in total. The van der Waals surface area contributed by atoms with Gasteiger partial charge < -0.3 is 10.6 Å². The van der Waals surface area contributed by atoms with Crippen LogP contribution in [0.5, 0.6) is 0 Å². The van der Waals surface area contributed by atoms with E-state index in [0.717, 1.165) is 31.6 Å². The van der Waals surface area contributed by atoms with Gasteiger partial charge in [0.25, 0.3) is 5.91 Å². The van der Waals surface area contributed by atoms with Gasteiger partial charge in [-0.1, -0.05) is 18.2 Å². The predicted molar refractivity (Wildman–Crippen MR) is 125 cm³/mol. The number of hydrogen-bond acceptors (Lipinski definition) is 4. The summed E-state index contributed by atoms with van der Waals surface area (Å²) in [5.41, 5.74) is 3.38. The van der Waals surface area contributed by atoms with Crippen molar-refractivity contribution in [2.24, 2.45) is 0 Å². The molecule has 0 spiro atoms. The molecule has 4 rings (SSSR count). The van der Waals surface area contributed by atoms with Crippen molar-refractivity contribution in [2.45, 2.75) is 32.7 Å². The fourth-order valence-electron chi connectivity index (χ4n) is 4.22. The largest absolute Gasteiger partial charge is 0.349 e. The van der Waals surface area contributed by atoms with Crippen molar-refractivity contribution < 1.29 is 14.0 Å². The number of benzene rings is 2. The molecule has 2 aromatic carbocycles. The summed E-state index contributed by atoms with van der Waals surface area (Å²) in [7, 11) is 0. The van der Waals surface area contributed by atoms with Crippen molar-refractivity contribution in [1.29, 1.82) is 0 Å². The third-order valence-electron chi connectivity index (χ3n) is 5.94. The molecule has 172 valence electrons. The summed E-state index contributed by atoms with van der Waals surface area (Å²) in [5.74, 6) is -0.510. The molecule has 3 aromatic rings. The summed E-state index contributed by atoms with van der Waals surface area (Å²) in [6.45, 7) is 5.44. The first-order valence-corrected chi connectivity index (χ1v) is 11.1. The molecule has 2 amide bonds. The Balaban J connectivity index is 1.31. The van der Waals surface area contributed by atoms with Gasteiger partial charge in [0.1, 0.15) is 5.82 Å². The lowest BCUT2D eigenvalue weighted by atomic mass is 10.0. The van der Waals surface area contributed by atoms with Crippen molar-refractivity contribution >= 4 is 17.5 Å². The second-order valence-electron chi connectivity index (χ2n) is 8.37. The number of rotatable bonds is 6. The van der Waals surface area contributed by atoms with E-state index in [4.69, 9.17) is 0 Å². The van der Waals surface area contributed by atoms with E-state index in [1.165, 1.54) is 12.1 Å². The molecule has 0 aliphatic carbocycles. The Labute approximate surface area is 192 Å². The molecule has 1 fully saturated rings. The Morgan fingerprint density at radius 3 is 2.36 bits per heavy atom. The highest BCUT2D eigenvalue weighted by molar-refractivity contribution is 5.96. The Morgan fingerprint density at radius 2 is 1.70 bits per heavy atom. The van der Waals surface area contributed by atoms with Crippen LogP contribution in [0.1, 0.15) is 34.6 Å². The molecule has 0 unspecified atom stereocenters. The average Bonchev–Trinajstić information content (AvgIpc) is 3.10. The monoisotopic (exact) mass is 449 g/mol. The molecule has 2 heterocycles. The van der Waals surface area contributed by atoms with Crippen LogP contribution in [0.4, 0.5) is 10.1 Å². The minimum atomic E-state index is -0.317. The lowest BCUT2D eigenvalue weighted by Gasteiger charge is -2.31. The van der Waals surface area contributed by atoms with E-state index in [1.807, 2.05) is 37.3 Å². The molecule has 0 radical (unpaired) electrons. The summed E-state index contributed by atoms with van der Waals surface area (Å²) >= 11 is 0. The maximum atomic E-state index is 13.3. The van der Waals surface area contributed by atoms with Gasteiger partial charge in [0.2, 0.25) is 5.91 Å². The molecule has 1 aromatic heterocycles. The molecule has 0 atom stereocenters. The van der Waals surface area contributed by atoms with Crippen molar-refractivity contribution in [3.05, 3.63) is 77.4 Å². The van der Waals surface area contributed by atoms with Gasteiger partial charge in [0.05, 0.1) is 29.2 Å². The minimum Gasteiger partial charge on any atom is -0.349 e. The van der Waals surface area contributed by atoms with Crippen LogP contribution in [0.15, 0.2) is 54.6 Å². The smallest absolute Gasteiger partial charge is 0.255 e. The number of nitrogens with zero attached hydrogens (tertiary/aromatic N) is 3. The molecule has 8 heteroatoms. The SMILES string of the molecule is Cc1nn(-c2ccc(F)cc2)c(C)c1C(=O)NC1CCN(CC(=O)Nc2ccccc2)CC1. The number of aromatic nitrogens is 2. The molecule has 1 aliphatic rings. The summed E-state index contributed by atoms with van der Waals surface area (Å²) in [5, 5.41) is 10.5. The van der Waals surface area contributed by atoms with Gasteiger partial charge in [-0.15, -0.1) is 0 Å². The molecule has 0 bridgehead atoms.